The van der Waals surface area contributed by atoms with E-state index in [4.69, 9.17) is 0 Å². The molecule has 0 bridgehead atoms. The monoisotopic (exact) mass is 560 g/mol. The van der Waals surface area contributed by atoms with Crippen molar-refractivity contribution in [3.05, 3.63) is 129 Å². The molecule has 198 valence electrons. The molecule has 0 aromatic heterocycles. The van der Waals surface area contributed by atoms with Crippen molar-refractivity contribution in [2.45, 2.75) is 12.4 Å². The fourth-order valence-electron chi connectivity index (χ4n) is 4.43. The molecular formula is C28H14F6O4S. The zero-order valence-electron chi connectivity index (χ0n) is 19.4. The van der Waals surface area contributed by atoms with Gasteiger partial charge in [-0.2, -0.15) is 26.3 Å². The predicted molar refractivity (Wildman–Crippen MR) is 130 cm³/mol. The number of Topliss-reactive ketones (excluding diaryl/α,β-unsaturated/α-hetero) is 2. The fourth-order valence-corrected chi connectivity index (χ4v) is 6.11. The van der Waals surface area contributed by atoms with Crippen molar-refractivity contribution in [1.82, 2.24) is 0 Å². The van der Waals surface area contributed by atoms with Gasteiger partial charge in [-0.3, -0.25) is 9.59 Å². The fraction of sp³-hybridized carbons (Fsp3) is 0.0714. The minimum atomic E-state index is -4.82. The van der Waals surface area contributed by atoms with Crippen molar-refractivity contribution >= 4 is 31.2 Å². The van der Waals surface area contributed by atoms with Crippen LogP contribution in [0, 0.1) is 0 Å². The van der Waals surface area contributed by atoms with E-state index < -0.39 is 71.4 Å². The van der Waals surface area contributed by atoms with Gasteiger partial charge in [-0.25, -0.2) is 8.42 Å². The van der Waals surface area contributed by atoms with Crippen LogP contribution in [0.3, 0.4) is 0 Å². The van der Waals surface area contributed by atoms with Crippen molar-refractivity contribution < 1.29 is 44.3 Å². The topological polar surface area (TPSA) is 68.3 Å². The molecule has 1 aliphatic carbocycles. The van der Waals surface area contributed by atoms with Crippen LogP contribution in [-0.2, 0) is 22.2 Å². The summed E-state index contributed by atoms with van der Waals surface area (Å²) < 4.78 is 108. The van der Waals surface area contributed by atoms with E-state index in [-0.39, 0.29) is 16.7 Å². The van der Waals surface area contributed by atoms with Crippen LogP contribution in [0.2, 0.25) is 0 Å². The van der Waals surface area contributed by atoms with Gasteiger partial charge in [-0.15, -0.1) is 0 Å². The van der Waals surface area contributed by atoms with E-state index in [0.717, 1.165) is 48.6 Å². The van der Waals surface area contributed by atoms with Crippen molar-refractivity contribution in [3.8, 4) is 0 Å². The van der Waals surface area contributed by atoms with E-state index in [0.29, 0.717) is 12.1 Å². The number of benzene rings is 3. The molecule has 0 spiro atoms. The Hall–Kier alpha value is -4.25. The van der Waals surface area contributed by atoms with E-state index in [2.05, 4.69) is 0 Å². The zero-order chi connectivity index (χ0) is 28.3. The Kier molecular flexibility index (Phi) is 6.02. The second kappa shape index (κ2) is 8.91. The molecule has 5 rings (SSSR count). The Bertz CT molecular complexity index is 1650. The van der Waals surface area contributed by atoms with E-state index in [1.54, 1.807) is 0 Å². The van der Waals surface area contributed by atoms with Gasteiger partial charge in [0.1, 0.15) is 0 Å². The Balaban J connectivity index is 1.80. The molecule has 2 aliphatic rings. The summed E-state index contributed by atoms with van der Waals surface area (Å²) in [6, 6.07) is 12.5. The quantitative estimate of drug-likeness (QED) is 0.194. The Labute approximate surface area is 217 Å². The van der Waals surface area contributed by atoms with Crippen molar-refractivity contribution in [1.29, 1.82) is 0 Å². The third-order valence-electron chi connectivity index (χ3n) is 6.26. The molecule has 1 aliphatic heterocycles. The van der Waals surface area contributed by atoms with Crippen LogP contribution < -0.4 is 0 Å². The van der Waals surface area contributed by atoms with Gasteiger partial charge >= 0.3 is 12.4 Å². The van der Waals surface area contributed by atoms with Crippen molar-refractivity contribution in [2.75, 3.05) is 0 Å². The molecule has 0 fully saturated rings. The first kappa shape index (κ1) is 26.4. The minimum absolute atomic E-state index is 0.0430. The third kappa shape index (κ3) is 4.52. The summed E-state index contributed by atoms with van der Waals surface area (Å²) >= 11 is 0. The number of sulfone groups is 1. The summed E-state index contributed by atoms with van der Waals surface area (Å²) in [6.45, 7) is 0. The molecule has 1 heterocycles. The molecule has 0 N–H and O–H groups in total. The highest BCUT2D eigenvalue weighted by Gasteiger charge is 2.39. The maximum Gasteiger partial charge on any atom is 0.416 e. The molecule has 0 saturated heterocycles. The summed E-state index contributed by atoms with van der Waals surface area (Å²) in [4.78, 5) is 24.9. The lowest BCUT2D eigenvalue weighted by Crippen LogP contribution is -2.15. The number of halogens is 6. The average molecular weight is 560 g/mol. The number of fused-ring (bicyclic) bond motifs is 1. The summed E-state index contributed by atoms with van der Waals surface area (Å²) in [6.07, 6.45) is -7.85. The lowest BCUT2D eigenvalue weighted by Gasteiger charge is -2.20. The van der Waals surface area contributed by atoms with Gasteiger partial charge < -0.3 is 0 Å². The van der Waals surface area contributed by atoms with E-state index in [1.165, 1.54) is 24.3 Å². The molecule has 0 atom stereocenters. The number of carbonyl (C=O) groups is 2. The van der Waals surface area contributed by atoms with E-state index in [9.17, 15) is 44.3 Å². The number of rotatable bonds is 2. The predicted octanol–water partition coefficient (Wildman–Crippen LogP) is 6.91. The Morgan fingerprint density at radius 2 is 0.974 bits per heavy atom. The number of allylic oxidation sites excluding steroid dienone is 4. The summed E-state index contributed by atoms with van der Waals surface area (Å²) in [5.41, 5.74) is -3.78. The molecular weight excluding hydrogens is 546 g/mol. The van der Waals surface area contributed by atoms with E-state index in [1.807, 2.05) is 0 Å². The second-order valence-corrected chi connectivity index (χ2v) is 10.6. The van der Waals surface area contributed by atoms with Gasteiger partial charge in [-0.05, 0) is 53.1 Å². The molecule has 0 amide bonds. The lowest BCUT2D eigenvalue weighted by atomic mass is 9.99. The number of hydrogen-bond acceptors (Lipinski definition) is 4. The highest BCUT2D eigenvalue weighted by molar-refractivity contribution is 8.09. The largest absolute Gasteiger partial charge is 0.416 e. The lowest BCUT2D eigenvalue weighted by molar-refractivity contribution is -0.138. The SMILES string of the molecule is O=C1C(=C2C=C(c3cccc(C(F)(F)F)c3)S(=O)(=O)C(c3cccc(C(F)(F)F)c3)=C2)C(=O)c2ccccc21. The number of hydrogen-bond donors (Lipinski definition) is 0. The Morgan fingerprint density at radius 1 is 0.564 bits per heavy atom. The van der Waals surface area contributed by atoms with Crippen LogP contribution in [0.15, 0.2) is 96.1 Å². The first-order valence-corrected chi connectivity index (χ1v) is 12.6. The first-order valence-electron chi connectivity index (χ1n) is 11.2. The normalized spacial score (nSPS) is 17.2. The molecule has 39 heavy (non-hydrogen) atoms. The maximum absolute atomic E-state index is 13.7. The van der Waals surface area contributed by atoms with Crippen LogP contribution >= 0.6 is 0 Å². The van der Waals surface area contributed by atoms with Gasteiger partial charge in [0.2, 0.25) is 9.84 Å². The molecule has 3 aromatic rings. The number of carbonyl (C=O) groups excluding carboxylic acids is 2. The first-order chi connectivity index (χ1) is 18.2. The third-order valence-corrected chi connectivity index (χ3v) is 8.13. The summed E-state index contributed by atoms with van der Waals surface area (Å²) in [5.74, 6) is -1.49. The smallest absolute Gasteiger partial charge is 0.288 e. The molecule has 11 heteroatoms. The Morgan fingerprint density at radius 3 is 1.36 bits per heavy atom. The van der Waals surface area contributed by atoms with Crippen LogP contribution in [0.1, 0.15) is 43.0 Å². The number of alkyl halides is 6. The molecule has 4 nitrogen and oxygen atoms in total. The van der Waals surface area contributed by atoms with Crippen LogP contribution in [0.25, 0.3) is 9.81 Å². The van der Waals surface area contributed by atoms with Crippen LogP contribution in [0.4, 0.5) is 26.3 Å². The van der Waals surface area contributed by atoms with Gasteiger partial charge in [0.25, 0.3) is 0 Å². The van der Waals surface area contributed by atoms with Crippen LogP contribution in [-0.4, -0.2) is 20.0 Å². The van der Waals surface area contributed by atoms with Crippen molar-refractivity contribution in [3.63, 3.8) is 0 Å². The summed E-state index contributed by atoms with van der Waals surface area (Å²) in [5, 5.41) is 0. The highest BCUT2D eigenvalue weighted by Crippen LogP contribution is 2.43. The molecule has 3 aromatic carbocycles. The maximum atomic E-state index is 13.7. The zero-order valence-corrected chi connectivity index (χ0v) is 20.2. The van der Waals surface area contributed by atoms with Gasteiger partial charge in [0.15, 0.2) is 11.6 Å². The number of ketones is 2. The van der Waals surface area contributed by atoms with Crippen LogP contribution in [0.5, 0.6) is 0 Å². The molecule has 0 unspecified atom stereocenters. The van der Waals surface area contributed by atoms with Gasteiger partial charge in [0.05, 0.1) is 26.5 Å². The van der Waals surface area contributed by atoms with Gasteiger partial charge in [-0.1, -0.05) is 48.5 Å². The van der Waals surface area contributed by atoms with E-state index >= 15 is 0 Å². The minimum Gasteiger partial charge on any atom is -0.288 e. The second-order valence-electron chi connectivity index (χ2n) is 8.71. The van der Waals surface area contributed by atoms with Gasteiger partial charge in [0, 0.05) is 11.1 Å². The average Bonchev–Trinajstić information content (AvgIpc) is 3.13. The molecule has 0 saturated carbocycles. The van der Waals surface area contributed by atoms with Crippen molar-refractivity contribution in [2.24, 2.45) is 0 Å². The molecule has 0 radical (unpaired) electrons. The summed E-state index contributed by atoms with van der Waals surface area (Å²) in [7, 11) is -4.73. The highest BCUT2D eigenvalue weighted by atomic mass is 32.2. The standard InChI is InChI=1S/C28H14F6O4S/c29-27(30,31)18-7-3-5-15(11-18)22-13-17(24-25(35)20-9-1-2-10-21(20)26(24)36)14-23(39(22,37)38)16-6-4-8-19(12-16)28(32,33)34/h1-14H.